The number of nitrogens with one attached hydrogen (secondary N) is 1. The van der Waals surface area contributed by atoms with Gasteiger partial charge in [0.2, 0.25) is 5.96 Å². The molecule has 0 saturated carbocycles. The van der Waals surface area contributed by atoms with Gasteiger partial charge in [-0.2, -0.15) is 0 Å². The van der Waals surface area contributed by atoms with Crippen molar-refractivity contribution in [2.75, 3.05) is 47.4 Å². The van der Waals surface area contributed by atoms with Crippen LogP contribution in [0.1, 0.15) is 18.4 Å². The highest BCUT2D eigenvalue weighted by atomic mass is 16.5. The summed E-state index contributed by atoms with van der Waals surface area (Å²) in [5.41, 5.74) is 1.70. The molecule has 7 heteroatoms. The normalized spacial score (nSPS) is 21.1. The molecule has 1 spiro atoms. The average Bonchev–Trinajstić information content (AvgIpc) is 2.99. The molecule has 3 aliphatic heterocycles. The number of rotatable bonds is 3. The summed E-state index contributed by atoms with van der Waals surface area (Å²) in [5.74, 6) is 2.29. The van der Waals surface area contributed by atoms with Gasteiger partial charge in [0.05, 0.1) is 7.11 Å². The molecule has 0 bridgehead atoms. The number of benzene rings is 1. The van der Waals surface area contributed by atoms with Crippen molar-refractivity contribution >= 4 is 17.9 Å². The van der Waals surface area contributed by atoms with Gasteiger partial charge in [-0.25, -0.2) is 4.99 Å². The van der Waals surface area contributed by atoms with Gasteiger partial charge < -0.3 is 14.4 Å². The molecule has 7 nitrogen and oxygen atoms in total. The summed E-state index contributed by atoms with van der Waals surface area (Å²) in [4.78, 5) is 21.4. The van der Waals surface area contributed by atoms with Crippen molar-refractivity contribution in [3.63, 3.8) is 0 Å². The summed E-state index contributed by atoms with van der Waals surface area (Å²) in [5, 5.41) is 2.91. The Balaban J connectivity index is 1.42. The predicted molar refractivity (Wildman–Crippen MR) is 104 cm³/mol. The molecular weight excluding hydrogens is 344 g/mol. The number of hydrogen-bond donors (Lipinski definition) is 1. The van der Waals surface area contributed by atoms with Crippen molar-refractivity contribution < 1.29 is 14.3 Å². The van der Waals surface area contributed by atoms with Gasteiger partial charge in [-0.3, -0.25) is 15.0 Å². The van der Waals surface area contributed by atoms with Gasteiger partial charge in [0.15, 0.2) is 11.5 Å². The van der Waals surface area contributed by atoms with Crippen LogP contribution in [-0.2, 0) is 4.79 Å². The summed E-state index contributed by atoms with van der Waals surface area (Å²) >= 11 is 0. The third-order valence-corrected chi connectivity index (χ3v) is 5.49. The number of amides is 1. The predicted octanol–water partition coefficient (Wildman–Crippen LogP) is 1.35. The van der Waals surface area contributed by atoms with E-state index < -0.39 is 5.54 Å². The van der Waals surface area contributed by atoms with Gasteiger partial charge in [-0.15, -0.1) is 0 Å². The van der Waals surface area contributed by atoms with E-state index in [4.69, 9.17) is 14.5 Å². The molecule has 1 fully saturated rings. The molecule has 0 aromatic heterocycles. The molecule has 27 heavy (non-hydrogen) atoms. The van der Waals surface area contributed by atoms with E-state index in [1.165, 1.54) is 5.57 Å². The van der Waals surface area contributed by atoms with Gasteiger partial charge in [0, 0.05) is 39.3 Å². The van der Waals surface area contributed by atoms with E-state index in [0.29, 0.717) is 12.6 Å². The molecule has 0 atom stereocenters. The largest absolute Gasteiger partial charge is 0.493 e. The molecule has 0 unspecified atom stereocenters. The summed E-state index contributed by atoms with van der Waals surface area (Å²) < 4.78 is 11.3. The van der Waals surface area contributed by atoms with Crippen LogP contribution in [0, 0.1) is 0 Å². The standard InChI is InChI=1S/C20H26N4O3/c1-23(2)19-21-18(25)20(22-19)7-9-24(10-8-20)12-14-11-15-5-4-6-16(26-3)17(15)27-13-14/h4-6,11H,7-10,12-13H2,1-3H3,(H,21,22,25). The van der Waals surface area contributed by atoms with E-state index >= 15 is 0 Å². The number of carbonyl (C=O) groups excluding carboxylic acids is 1. The minimum absolute atomic E-state index is 0.0343. The quantitative estimate of drug-likeness (QED) is 0.870. The van der Waals surface area contributed by atoms with Crippen LogP contribution < -0.4 is 14.8 Å². The maximum atomic E-state index is 12.4. The first-order valence-corrected chi connectivity index (χ1v) is 9.31. The van der Waals surface area contributed by atoms with E-state index in [-0.39, 0.29) is 5.91 Å². The topological polar surface area (TPSA) is 66.4 Å². The van der Waals surface area contributed by atoms with E-state index in [1.54, 1.807) is 7.11 Å². The Morgan fingerprint density at radius 1 is 1.33 bits per heavy atom. The number of fused-ring (bicyclic) bond motifs is 1. The van der Waals surface area contributed by atoms with Crippen molar-refractivity contribution in [1.29, 1.82) is 0 Å². The summed E-state index contributed by atoms with van der Waals surface area (Å²) in [6, 6.07) is 5.93. The second-order valence-electron chi connectivity index (χ2n) is 7.56. The van der Waals surface area contributed by atoms with E-state index in [9.17, 15) is 4.79 Å². The fraction of sp³-hybridized carbons (Fsp3) is 0.500. The minimum Gasteiger partial charge on any atom is -0.493 e. The second kappa shape index (κ2) is 6.88. The third kappa shape index (κ3) is 3.27. The maximum absolute atomic E-state index is 12.4. The number of hydrogen-bond acceptors (Lipinski definition) is 6. The van der Waals surface area contributed by atoms with Crippen LogP contribution in [0.15, 0.2) is 28.8 Å². The number of likely N-dealkylation sites (tertiary alicyclic amines) is 1. The lowest BCUT2D eigenvalue weighted by atomic mass is 9.88. The Bertz CT molecular complexity index is 807. The van der Waals surface area contributed by atoms with Crippen LogP contribution in [0.2, 0.25) is 0 Å². The van der Waals surface area contributed by atoms with Crippen molar-refractivity contribution in [3.05, 3.63) is 29.3 Å². The third-order valence-electron chi connectivity index (χ3n) is 5.49. The zero-order valence-electron chi connectivity index (χ0n) is 16.1. The molecule has 1 amide bonds. The van der Waals surface area contributed by atoms with Gasteiger partial charge >= 0.3 is 0 Å². The van der Waals surface area contributed by atoms with Crippen LogP contribution in [0.4, 0.5) is 0 Å². The average molecular weight is 370 g/mol. The number of methoxy groups -OCH3 is 1. The lowest BCUT2D eigenvalue weighted by Gasteiger charge is -2.36. The molecular formula is C20H26N4O3. The zero-order chi connectivity index (χ0) is 19.0. The van der Waals surface area contributed by atoms with E-state index in [0.717, 1.165) is 49.5 Å². The van der Waals surface area contributed by atoms with Crippen LogP contribution in [0.5, 0.6) is 11.5 Å². The zero-order valence-corrected chi connectivity index (χ0v) is 16.1. The van der Waals surface area contributed by atoms with Crippen molar-refractivity contribution in [3.8, 4) is 11.5 Å². The number of nitrogens with zero attached hydrogens (tertiary/aromatic N) is 3. The number of ether oxygens (including phenoxy) is 2. The smallest absolute Gasteiger partial charge is 0.254 e. The van der Waals surface area contributed by atoms with Gasteiger partial charge in [-0.1, -0.05) is 12.1 Å². The first kappa shape index (κ1) is 17.9. The van der Waals surface area contributed by atoms with Gasteiger partial charge in [-0.05, 0) is 30.6 Å². The lowest BCUT2D eigenvalue weighted by molar-refractivity contribution is -0.125. The lowest BCUT2D eigenvalue weighted by Crippen LogP contribution is -2.49. The molecule has 0 aliphatic carbocycles. The summed E-state index contributed by atoms with van der Waals surface area (Å²) in [6.07, 6.45) is 3.68. The van der Waals surface area contributed by atoms with E-state index in [2.05, 4.69) is 16.3 Å². The van der Waals surface area contributed by atoms with Gasteiger partial charge in [0.1, 0.15) is 12.1 Å². The van der Waals surface area contributed by atoms with E-state index in [1.807, 2.05) is 37.2 Å². The fourth-order valence-electron chi connectivity index (χ4n) is 3.90. The Morgan fingerprint density at radius 3 is 2.78 bits per heavy atom. The fourth-order valence-corrected chi connectivity index (χ4v) is 3.90. The first-order chi connectivity index (χ1) is 13.0. The maximum Gasteiger partial charge on any atom is 0.254 e. The van der Waals surface area contributed by atoms with Crippen molar-refractivity contribution in [2.45, 2.75) is 18.4 Å². The number of guanidine groups is 1. The molecule has 3 aliphatic rings. The molecule has 1 saturated heterocycles. The number of para-hydroxylation sites is 1. The molecule has 1 N–H and O–H groups in total. The highest BCUT2D eigenvalue weighted by Crippen LogP contribution is 2.36. The summed E-state index contributed by atoms with van der Waals surface area (Å²) in [7, 11) is 5.45. The molecule has 4 rings (SSSR count). The Hall–Kier alpha value is -2.54. The van der Waals surface area contributed by atoms with Crippen LogP contribution >= 0.6 is 0 Å². The molecule has 1 aromatic rings. The molecule has 3 heterocycles. The highest BCUT2D eigenvalue weighted by Gasteiger charge is 2.46. The minimum atomic E-state index is -0.590. The molecule has 0 radical (unpaired) electrons. The number of aliphatic imine (C=N–C) groups is 1. The Labute approximate surface area is 159 Å². The van der Waals surface area contributed by atoms with Crippen molar-refractivity contribution in [2.24, 2.45) is 4.99 Å². The van der Waals surface area contributed by atoms with Gasteiger partial charge in [0.25, 0.3) is 5.91 Å². The van der Waals surface area contributed by atoms with Crippen molar-refractivity contribution in [1.82, 2.24) is 15.1 Å². The van der Waals surface area contributed by atoms with Crippen LogP contribution in [0.25, 0.3) is 6.08 Å². The van der Waals surface area contributed by atoms with Crippen LogP contribution in [-0.4, -0.2) is 74.7 Å². The molecule has 1 aromatic carbocycles. The SMILES string of the molecule is COc1cccc2c1OCC(CN1CCC3(CC1)N=C(N(C)C)NC3=O)=C2. The summed E-state index contributed by atoms with van der Waals surface area (Å²) in [6.45, 7) is 3.11. The second-order valence-corrected chi connectivity index (χ2v) is 7.56. The Kier molecular flexibility index (Phi) is 4.55. The monoisotopic (exact) mass is 370 g/mol. The molecule has 144 valence electrons. The first-order valence-electron chi connectivity index (χ1n) is 9.31. The van der Waals surface area contributed by atoms with Crippen LogP contribution in [0.3, 0.4) is 0 Å². The number of carbonyl (C=O) groups is 1. The Morgan fingerprint density at radius 2 is 2.11 bits per heavy atom. The number of piperidine rings is 1. The highest BCUT2D eigenvalue weighted by molar-refractivity contribution is 6.07.